The minimum Gasteiger partial charge on any atom is -0.497 e. The topological polar surface area (TPSA) is 101 Å². The Bertz CT molecular complexity index is 2980. The van der Waals surface area contributed by atoms with Gasteiger partial charge in [0.25, 0.3) is 10.1 Å². The number of hydrogen-bond acceptors (Lipinski definition) is 10. The van der Waals surface area contributed by atoms with E-state index in [0.717, 1.165) is 101 Å². The smallest absolute Gasteiger partial charge is 0.279 e. The summed E-state index contributed by atoms with van der Waals surface area (Å²) in [5, 5.41) is -1.22. The number of anilines is 8. The van der Waals surface area contributed by atoms with Gasteiger partial charge in [-0.1, -0.05) is 54.1 Å². The molecule has 8 aromatic carbocycles. The van der Waals surface area contributed by atoms with E-state index in [1.807, 2.05) is 97.1 Å². The first-order chi connectivity index (χ1) is 34.1. The van der Waals surface area contributed by atoms with Crippen LogP contribution in [-0.4, -0.2) is 53.2 Å². The standard InChI is InChI=1S/C58H51N3O7S2/c1-6-7-54(70(62,63)64)36-37-59-55-34-12-42(40-8-14-44(15-9-40)60(46-18-26-50(65-2)27-19-46)47-20-28-51(66-3)29-21-47)38-57(55)69-58-39-43(13-35-56(58)59)41-10-16-45(17-11-41)61(48-22-30-52(67-4)31-23-48)49-24-32-53(68-5)33-25-49/h8-35,38-39,54H,36-37H2,1-5H3,(H,62,63,64). The Morgan fingerprint density at radius 1 is 0.486 bits per heavy atom. The fourth-order valence-electron chi connectivity index (χ4n) is 8.61. The Morgan fingerprint density at radius 2 is 0.786 bits per heavy atom. The molecule has 9 rings (SSSR count). The van der Waals surface area contributed by atoms with Crippen molar-refractivity contribution in [2.45, 2.75) is 28.4 Å². The van der Waals surface area contributed by atoms with Crippen LogP contribution in [0.2, 0.25) is 0 Å². The van der Waals surface area contributed by atoms with Crippen molar-refractivity contribution in [3.8, 4) is 57.1 Å². The van der Waals surface area contributed by atoms with Gasteiger partial charge >= 0.3 is 0 Å². The van der Waals surface area contributed by atoms with Gasteiger partial charge in [-0.15, -0.1) is 5.92 Å². The number of hydrogen-bond donors (Lipinski definition) is 1. The Labute approximate surface area is 414 Å². The van der Waals surface area contributed by atoms with Crippen molar-refractivity contribution in [1.82, 2.24) is 0 Å². The molecule has 0 spiro atoms. The molecule has 352 valence electrons. The predicted molar refractivity (Wildman–Crippen MR) is 284 cm³/mol. The highest BCUT2D eigenvalue weighted by Crippen LogP contribution is 2.51. The summed E-state index contributed by atoms with van der Waals surface area (Å²) in [7, 11) is 2.23. The van der Waals surface area contributed by atoms with E-state index in [2.05, 4.69) is 111 Å². The Balaban J connectivity index is 1.05. The summed E-state index contributed by atoms with van der Waals surface area (Å²) in [4.78, 5) is 8.54. The fraction of sp³-hybridized carbons (Fsp3) is 0.138. The second-order valence-corrected chi connectivity index (χ2v) is 19.0. The minimum atomic E-state index is -4.41. The van der Waals surface area contributed by atoms with Crippen molar-refractivity contribution < 1.29 is 31.9 Å². The average Bonchev–Trinajstić information content (AvgIpc) is 3.40. The monoisotopic (exact) mass is 965 g/mol. The molecule has 0 fully saturated rings. The molecule has 0 saturated heterocycles. The highest BCUT2D eigenvalue weighted by Gasteiger charge is 2.28. The molecule has 0 aromatic heterocycles. The van der Waals surface area contributed by atoms with Gasteiger partial charge in [0.2, 0.25) is 0 Å². The second-order valence-electron chi connectivity index (χ2n) is 16.4. The van der Waals surface area contributed by atoms with Crippen LogP contribution in [0.4, 0.5) is 45.5 Å². The lowest BCUT2D eigenvalue weighted by molar-refractivity contribution is 0.414. The summed E-state index contributed by atoms with van der Waals surface area (Å²) in [6.07, 6.45) is 0.105. The maximum Gasteiger partial charge on any atom is 0.279 e. The summed E-state index contributed by atoms with van der Waals surface area (Å²) in [5.41, 5.74) is 11.9. The lowest BCUT2D eigenvalue weighted by Crippen LogP contribution is -2.28. The van der Waals surface area contributed by atoms with Gasteiger partial charge in [0.05, 0.1) is 39.8 Å². The highest BCUT2D eigenvalue weighted by molar-refractivity contribution is 7.99. The van der Waals surface area contributed by atoms with Crippen molar-refractivity contribution in [2.75, 3.05) is 49.7 Å². The van der Waals surface area contributed by atoms with Crippen LogP contribution in [0.15, 0.2) is 192 Å². The molecule has 1 aliphatic heterocycles. The van der Waals surface area contributed by atoms with Crippen LogP contribution in [-0.2, 0) is 10.1 Å². The number of ether oxygens (including phenoxy) is 4. The van der Waals surface area contributed by atoms with Crippen LogP contribution < -0.4 is 33.6 Å². The van der Waals surface area contributed by atoms with E-state index in [4.69, 9.17) is 18.9 Å². The molecule has 0 radical (unpaired) electrons. The van der Waals surface area contributed by atoms with Crippen molar-refractivity contribution in [2.24, 2.45) is 0 Å². The van der Waals surface area contributed by atoms with Gasteiger partial charge < -0.3 is 33.6 Å². The molecule has 70 heavy (non-hydrogen) atoms. The van der Waals surface area contributed by atoms with Gasteiger partial charge in [-0.2, -0.15) is 8.42 Å². The van der Waals surface area contributed by atoms with Gasteiger partial charge in [0.1, 0.15) is 28.2 Å². The van der Waals surface area contributed by atoms with Gasteiger partial charge in [-0.25, -0.2) is 0 Å². The lowest BCUT2D eigenvalue weighted by Gasteiger charge is -2.34. The molecule has 1 unspecified atom stereocenters. The SMILES string of the molecule is CC#CC(CCN1c2ccc(-c3ccc(N(c4ccc(OC)cc4)c4ccc(OC)cc4)cc3)cc2Sc2cc(-c3ccc(N(c4ccc(OC)cc4)c4ccc(OC)cc4)cc3)ccc21)S(=O)(=O)O. The largest absolute Gasteiger partial charge is 0.497 e. The molecule has 10 nitrogen and oxygen atoms in total. The molecular formula is C58H51N3O7S2. The molecule has 1 aliphatic rings. The van der Waals surface area contributed by atoms with Gasteiger partial charge in [-0.05, 0) is 181 Å². The zero-order chi connectivity index (χ0) is 48.8. The van der Waals surface area contributed by atoms with Gasteiger partial charge in [0.15, 0.2) is 0 Å². The van der Waals surface area contributed by atoms with E-state index < -0.39 is 15.4 Å². The number of methoxy groups -OCH3 is 4. The minimum absolute atomic E-state index is 0.105. The number of rotatable bonds is 16. The number of nitrogens with zero attached hydrogens (tertiary/aromatic N) is 3. The Morgan fingerprint density at radius 3 is 1.07 bits per heavy atom. The molecule has 1 atom stereocenters. The maximum atomic E-state index is 12.5. The first kappa shape index (κ1) is 47.3. The Hall–Kier alpha value is -7.82. The first-order valence-corrected chi connectivity index (χ1v) is 24.9. The van der Waals surface area contributed by atoms with E-state index >= 15 is 0 Å². The third-order valence-electron chi connectivity index (χ3n) is 12.2. The lowest BCUT2D eigenvalue weighted by atomic mass is 10.0. The average molecular weight is 966 g/mol. The van der Waals surface area contributed by atoms with Crippen molar-refractivity contribution in [3.63, 3.8) is 0 Å². The van der Waals surface area contributed by atoms with E-state index in [1.165, 1.54) is 0 Å². The van der Waals surface area contributed by atoms with Crippen LogP contribution in [0.3, 0.4) is 0 Å². The van der Waals surface area contributed by atoms with E-state index in [-0.39, 0.29) is 6.42 Å². The molecule has 0 amide bonds. The quantitative estimate of drug-likeness (QED) is 0.0740. The van der Waals surface area contributed by atoms with E-state index in [0.29, 0.717) is 6.54 Å². The van der Waals surface area contributed by atoms with Crippen LogP contribution in [0.5, 0.6) is 23.0 Å². The maximum absolute atomic E-state index is 12.5. The molecule has 0 bridgehead atoms. The Kier molecular flexibility index (Phi) is 14.0. The fourth-order valence-corrected chi connectivity index (χ4v) is 10.5. The van der Waals surface area contributed by atoms with Crippen molar-refractivity contribution in [1.29, 1.82) is 0 Å². The number of fused-ring (bicyclic) bond motifs is 2. The molecular weight excluding hydrogens is 915 g/mol. The number of benzene rings is 8. The van der Waals surface area contributed by atoms with Crippen LogP contribution in [0.1, 0.15) is 13.3 Å². The summed E-state index contributed by atoms with van der Waals surface area (Å²) >= 11 is 1.68. The summed E-state index contributed by atoms with van der Waals surface area (Å²) in [6.45, 7) is 1.88. The molecule has 0 saturated carbocycles. The third kappa shape index (κ3) is 10.1. The van der Waals surface area contributed by atoms with Crippen LogP contribution in [0.25, 0.3) is 22.3 Å². The van der Waals surface area contributed by atoms with Crippen LogP contribution in [0, 0.1) is 11.8 Å². The molecule has 1 heterocycles. The zero-order valence-corrected chi connectivity index (χ0v) is 41.0. The molecule has 12 heteroatoms. The third-order valence-corrected chi connectivity index (χ3v) is 14.4. The summed E-state index contributed by atoms with van der Waals surface area (Å²) in [6, 6.07) is 61.7. The molecule has 8 aromatic rings. The van der Waals surface area contributed by atoms with E-state index in [1.54, 1.807) is 47.1 Å². The van der Waals surface area contributed by atoms with Crippen molar-refractivity contribution in [3.05, 3.63) is 182 Å². The van der Waals surface area contributed by atoms with Crippen molar-refractivity contribution >= 4 is 67.4 Å². The normalized spacial score (nSPS) is 12.1. The second kappa shape index (κ2) is 20.8. The summed E-state index contributed by atoms with van der Waals surface area (Å²) < 4.78 is 56.8. The first-order valence-electron chi connectivity index (χ1n) is 22.6. The zero-order valence-electron chi connectivity index (χ0n) is 39.4. The van der Waals surface area contributed by atoms with Gasteiger partial charge in [0, 0.05) is 50.5 Å². The van der Waals surface area contributed by atoms with Crippen LogP contribution >= 0.6 is 11.8 Å². The van der Waals surface area contributed by atoms with Gasteiger partial charge in [-0.3, -0.25) is 4.55 Å². The highest BCUT2D eigenvalue weighted by atomic mass is 32.2. The van der Waals surface area contributed by atoms with E-state index in [9.17, 15) is 13.0 Å². The predicted octanol–water partition coefficient (Wildman–Crippen LogP) is 14.3. The molecule has 0 aliphatic carbocycles. The summed E-state index contributed by atoms with van der Waals surface area (Å²) in [5.74, 6) is 8.50. The molecule has 1 N–H and O–H groups in total.